The number of alkyl halides is 3. The number of aromatic nitrogens is 1. The van der Waals surface area contributed by atoms with Gasteiger partial charge in [-0.3, -0.25) is 0 Å². The van der Waals surface area contributed by atoms with E-state index in [1.165, 1.54) is 19.3 Å². The highest BCUT2D eigenvalue weighted by atomic mass is 35.5. The Kier molecular flexibility index (Phi) is 5.13. The molecule has 0 saturated heterocycles. The molecule has 2 nitrogen and oxygen atoms in total. The molecule has 1 heterocycles. The first-order valence-electron chi connectivity index (χ1n) is 6.96. The molecule has 0 atom stereocenters. The summed E-state index contributed by atoms with van der Waals surface area (Å²) < 4.78 is 38.2. The molecule has 0 unspecified atom stereocenters. The fourth-order valence-corrected chi connectivity index (χ4v) is 2.75. The minimum Gasteiger partial charge on any atom is -0.367 e. The predicted octanol–water partition coefficient (Wildman–Crippen LogP) is 5.28. The van der Waals surface area contributed by atoms with Gasteiger partial charge in [0.1, 0.15) is 11.0 Å². The zero-order chi connectivity index (χ0) is 14.6. The first-order valence-corrected chi connectivity index (χ1v) is 7.34. The molecule has 1 fully saturated rings. The van der Waals surface area contributed by atoms with Gasteiger partial charge >= 0.3 is 6.18 Å². The summed E-state index contributed by atoms with van der Waals surface area (Å²) in [6, 6.07) is 2.07. The summed E-state index contributed by atoms with van der Waals surface area (Å²) in [4.78, 5) is 3.95. The quantitative estimate of drug-likeness (QED) is 0.752. The van der Waals surface area contributed by atoms with Crippen LogP contribution in [-0.2, 0) is 6.18 Å². The molecule has 20 heavy (non-hydrogen) atoms. The van der Waals surface area contributed by atoms with Crippen molar-refractivity contribution in [3.05, 3.63) is 22.8 Å². The maximum absolute atomic E-state index is 12.7. The Morgan fingerprint density at radius 1 is 1.05 bits per heavy atom. The van der Waals surface area contributed by atoms with Crippen LogP contribution in [0, 0.1) is 0 Å². The monoisotopic (exact) mass is 306 g/mol. The van der Waals surface area contributed by atoms with E-state index in [1.54, 1.807) is 0 Å². The third-order valence-electron chi connectivity index (χ3n) is 3.58. The summed E-state index contributed by atoms with van der Waals surface area (Å²) in [5, 5.41) is 2.98. The number of nitrogens with zero attached hydrogens (tertiary/aromatic N) is 1. The fourth-order valence-electron chi connectivity index (χ4n) is 2.54. The second-order valence-corrected chi connectivity index (χ2v) is 5.64. The van der Waals surface area contributed by atoms with Crippen LogP contribution in [0.4, 0.5) is 19.0 Å². The van der Waals surface area contributed by atoms with Gasteiger partial charge in [0.15, 0.2) is 0 Å². The van der Waals surface area contributed by atoms with Gasteiger partial charge in [-0.2, -0.15) is 13.2 Å². The summed E-state index contributed by atoms with van der Waals surface area (Å²) in [6.07, 6.45) is 3.37. The van der Waals surface area contributed by atoms with Crippen molar-refractivity contribution in [2.24, 2.45) is 0 Å². The van der Waals surface area contributed by atoms with E-state index in [0.29, 0.717) is 0 Å². The van der Waals surface area contributed by atoms with E-state index >= 15 is 0 Å². The standard InChI is InChI=1S/C14H18ClF3N2/c15-12-8-10(14(16,17)18)9-13(20-12)19-11-6-4-2-1-3-5-7-11/h8-9,11H,1-7H2,(H,19,20). The Morgan fingerprint density at radius 2 is 1.65 bits per heavy atom. The molecule has 1 aromatic heterocycles. The summed E-state index contributed by atoms with van der Waals surface area (Å²) in [5.41, 5.74) is -0.758. The van der Waals surface area contributed by atoms with Crippen LogP contribution in [0.5, 0.6) is 0 Å². The van der Waals surface area contributed by atoms with Gasteiger partial charge in [0, 0.05) is 6.04 Å². The molecule has 6 heteroatoms. The van der Waals surface area contributed by atoms with Crippen LogP contribution in [0.1, 0.15) is 50.5 Å². The smallest absolute Gasteiger partial charge is 0.367 e. The highest BCUT2D eigenvalue weighted by molar-refractivity contribution is 6.29. The molecule has 1 aromatic rings. The van der Waals surface area contributed by atoms with Crippen molar-refractivity contribution in [1.82, 2.24) is 4.98 Å². The molecule has 1 N–H and O–H groups in total. The van der Waals surface area contributed by atoms with Gasteiger partial charge in [-0.25, -0.2) is 4.98 Å². The Hall–Kier alpha value is -0.970. The van der Waals surface area contributed by atoms with Crippen LogP contribution in [0.25, 0.3) is 0 Å². The van der Waals surface area contributed by atoms with Crippen molar-refractivity contribution in [3.63, 3.8) is 0 Å². The van der Waals surface area contributed by atoms with Gasteiger partial charge in [0.05, 0.1) is 5.56 Å². The lowest BCUT2D eigenvalue weighted by atomic mass is 9.97. The van der Waals surface area contributed by atoms with Crippen LogP contribution in [0.3, 0.4) is 0 Å². The lowest BCUT2D eigenvalue weighted by Crippen LogP contribution is -2.21. The average Bonchev–Trinajstić information content (AvgIpc) is 2.30. The van der Waals surface area contributed by atoms with E-state index < -0.39 is 11.7 Å². The molecule has 0 amide bonds. The summed E-state index contributed by atoms with van der Waals surface area (Å²) in [7, 11) is 0. The lowest BCUT2D eigenvalue weighted by Gasteiger charge is -2.22. The maximum Gasteiger partial charge on any atom is 0.416 e. The summed E-state index contributed by atoms with van der Waals surface area (Å²) in [5.74, 6) is 0.218. The van der Waals surface area contributed by atoms with Crippen LogP contribution >= 0.6 is 11.6 Å². The van der Waals surface area contributed by atoms with Crippen molar-refractivity contribution in [3.8, 4) is 0 Å². The van der Waals surface area contributed by atoms with Crippen LogP contribution in [-0.4, -0.2) is 11.0 Å². The molecule has 0 spiro atoms. The van der Waals surface area contributed by atoms with Crippen molar-refractivity contribution < 1.29 is 13.2 Å². The van der Waals surface area contributed by atoms with E-state index in [2.05, 4.69) is 10.3 Å². The number of hydrogen-bond acceptors (Lipinski definition) is 2. The van der Waals surface area contributed by atoms with Gasteiger partial charge in [-0.05, 0) is 25.0 Å². The fraction of sp³-hybridized carbons (Fsp3) is 0.643. The number of pyridine rings is 1. The Bertz CT molecular complexity index is 441. The third kappa shape index (κ3) is 4.54. The van der Waals surface area contributed by atoms with E-state index in [9.17, 15) is 13.2 Å². The second kappa shape index (κ2) is 6.66. The molecular formula is C14H18ClF3N2. The summed E-state index contributed by atoms with van der Waals surface area (Å²) >= 11 is 5.68. The van der Waals surface area contributed by atoms with Gasteiger partial charge < -0.3 is 5.32 Å². The predicted molar refractivity (Wildman–Crippen MR) is 74.0 cm³/mol. The third-order valence-corrected chi connectivity index (χ3v) is 3.77. The first kappa shape index (κ1) is 15.4. The summed E-state index contributed by atoms with van der Waals surface area (Å²) in [6.45, 7) is 0. The Morgan fingerprint density at radius 3 is 2.25 bits per heavy atom. The average molecular weight is 307 g/mol. The first-order chi connectivity index (χ1) is 9.45. The van der Waals surface area contributed by atoms with Crippen molar-refractivity contribution in [2.45, 2.75) is 57.2 Å². The normalized spacial score (nSPS) is 18.4. The van der Waals surface area contributed by atoms with Crippen LogP contribution in [0.2, 0.25) is 5.15 Å². The molecule has 1 aliphatic rings. The molecule has 1 saturated carbocycles. The van der Waals surface area contributed by atoms with Crippen molar-refractivity contribution in [2.75, 3.05) is 5.32 Å². The SMILES string of the molecule is FC(F)(F)c1cc(Cl)nc(NC2CCCCCCC2)c1. The Balaban J connectivity index is 2.09. The zero-order valence-corrected chi connectivity index (χ0v) is 11.9. The number of nitrogens with one attached hydrogen (secondary N) is 1. The van der Waals surface area contributed by atoms with Crippen molar-refractivity contribution in [1.29, 1.82) is 0 Å². The molecule has 0 bridgehead atoms. The van der Waals surface area contributed by atoms with E-state index in [0.717, 1.165) is 37.8 Å². The van der Waals surface area contributed by atoms with Gasteiger partial charge in [0.25, 0.3) is 0 Å². The van der Waals surface area contributed by atoms with E-state index in [-0.39, 0.29) is 17.0 Å². The number of hydrogen-bond donors (Lipinski definition) is 1. The minimum atomic E-state index is -4.40. The van der Waals surface area contributed by atoms with Crippen LogP contribution < -0.4 is 5.32 Å². The molecule has 0 aliphatic heterocycles. The maximum atomic E-state index is 12.7. The minimum absolute atomic E-state index is 0.131. The van der Waals surface area contributed by atoms with Gasteiger partial charge in [-0.15, -0.1) is 0 Å². The van der Waals surface area contributed by atoms with E-state index in [1.807, 2.05) is 0 Å². The molecule has 0 radical (unpaired) electrons. The molecular weight excluding hydrogens is 289 g/mol. The van der Waals surface area contributed by atoms with Crippen LogP contribution in [0.15, 0.2) is 12.1 Å². The number of halogens is 4. The Labute approximate surface area is 121 Å². The second-order valence-electron chi connectivity index (χ2n) is 5.25. The number of anilines is 1. The van der Waals surface area contributed by atoms with Gasteiger partial charge in [-0.1, -0.05) is 43.7 Å². The lowest BCUT2D eigenvalue weighted by molar-refractivity contribution is -0.137. The molecule has 1 aliphatic carbocycles. The molecule has 2 rings (SSSR count). The highest BCUT2D eigenvalue weighted by Gasteiger charge is 2.31. The molecule has 0 aromatic carbocycles. The highest BCUT2D eigenvalue weighted by Crippen LogP contribution is 2.32. The zero-order valence-electron chi connectivity index (χ0n) is 11.1. The molecule has 112 valence electrons. The number of rotatable bonds is 2. The largest absolute Gasteiger partial charge is 0.416 e. The topological polar surface area (TPSA) is 24.9 Å². The van der Waals surface area contributed by atoms with Gasteiger partial charge in [0.2, 0.25) is 0 Å². The van der Waals surface area contributed by atoms with Crippen molar-refractivity contribution >= 4 is 17.4 Å². The van der Waals surface area contributed by atoms with E-state index in [4.69, 9.17) is 11.6 Å².